The highest BCUT2D eigenvalue weighted by atomic mass is 16.6. The third-order valence-electron chi connectivity index (χ3n) is 9.67. The molecule has 322 valence electrons. The summed E-state index contributed by atoms with van der Waals surface area (Å²) < 4.78 is 17.0. The van der Waals surface area contributed by atoms with E-state index in [4.69, 9.17) is 14.2 Å². The fraction of sp³-hybridized carbons (Fsp3) is 0.729. The van der Waals surface area contributed by atoms with Crippen molar-refractivity contribution in [1.82, 2.24) is 0 Å². The normalized spacial score (nSPS) is 13.5. The summed E-state index contributed by atoms with van der Waals surface area (Å²) in [7, 11) is 5.37. The van der Waals surface area contributed by atoms with Gasteiger partial charge in [0.1, 0.15) is 12.6 Å². The molecule has 0 heterocycles. The van der Waals surface area contributed by atoms with Crippen LogP contribution in [0.5, 0.6) is 0 Å². The molecule has 0 amide bonds. The summed E-state index contributed by atoms with van der Waals surface area (Å²) in [4.78, 5) is 36.7. The van der Waals surface area contributed by atoms with Crippen molar-refractivity contribution in [2.75, 3.05) is 41.0 Å². The van der Waals surface area contributed by atoms with E-state index in [9.17, 15) is 19.5 Å². The standard InChI is InChI=1S/C48H83NO7/c1-6-8-10-12-14-16-17-18-19-20-21-22-23-24-25-26-27-28-29-31-33-35-37-39-47(51)56-44(42-54-41-40-45(48(52)53)49(3,4)5)43-55-46(50)38-36-34-32-30-15-13-11-9-7-2/h9,11,15,21-22,24-25,30,34,36,44-45H,6-8,10,12-14,16-20,23,26-29,31-33,35,37-43H2,1-5H3/b11-9+,22-21+,25-24+,30-15+,36-34+. The molecule has 56 heavy (non-hydrogen) atoms. The average molecular weight is 786 g/mol. The molecule has 0 fully saturated rings. The zero-order valence-corrected chi connectivity index (χ0v) is 36.5. The first-order valence-electron chi connectivity index (χ1n) is 22.3. The number of quaternary nitrogens is 1. The second kappa shape index (κ2) is 38.9. The number of rotatable bonds is 39. The lowest BCUT2D eigenvalue weighted by molar-refractivity contribution is -0.889. The molecule has 0 bridgehead atoms. The predicted molar refractivity (Wildman–Crippen MR) is 231 cm³/mol. The number of ether oxygens (including phenoxy) is 3. The fourth-order valence-corrected chi connectivity index (χ4v) is 6.22. The van der Waals surface area contributed by atoms with Gasteiger partial charge in [-0.2, -0.15) is 0 Å². The highest BCUT2D eigenvalue weighted by Crippen LogP contribution is 2.13. The van der Waals surface area contributed by atoms with Crippen LogP contribution in [0.4, 0.5) is 0 Å². The summed E-state index contributed by atoms with van der Waals surface area (Å²) in [5.41, 5.74) is 0. The first-order chi connectivity index (χ1) is 27.1. The molecule has 0 saturated heterocycles. The van der Waals surface area contributed by atoms with E-state index in [0.29, 0.717) is 6.42 Å². The van der Waals surface area contributed by atoms with Crippen molar-refractivity contribution in [3.63, 3.8) is 0 Å². The number of unbranched alkanes of at least 4 members (excludes halogenated alkanes) is 16. The summed E-state index contributed by atoms with van der Waals surface area (Å²) in [6, 6.07) is -0.739. The van der Waals surface area contributed by atoms with Crippen molar-refractivity contribution in [1.29, 1.82) is 0 Å². The van der Waals surface area contributed by atoms with Crippen LogP contribution < -0.4 is 5.11 Å². The first-order valence-corrected chi connectivity index (χ1v) is 22.3. The second-order valence-electron chi connectivity index (χ2n) is 15.9. The molecule has 0 radical (unpaired) electrons. The highest BCUT2D eigenvalue weighted by Gasteiger charge is 2.25. The number of allylic oxidation sites excluding steroid dienone is 9. The Morgan fingerprint density at radius 3 is 1.57 bits per heavy atom. The summed E-state index contributed by atoms with van der Waals surface area (Å²) in [6.07, 6.45) is 47.3. The molecule has 0 saturated carbocycles. The largest absolute Gasteiger partial charge is 0.544 e. The van der Waals surface area contributed by atoms with Gasteiger partial charge in [0.25, 0.3) is 0 Å². The minimum atomic E-state index is -1.14. The van der Waals surface area contributed by atoms with Crippen LogP contribution in [0, 0.1) is 0 Å². The Bertz CT molecular complexity index is 1100. The van der Waals surface area contributed by atoms with E-state index in [0.717, 1.165) is 57.8 Å². The topological polar surface area (TPSA) is 102 Å². The fourth-order valence-electron chi connectivity index (χ4n) is 6.22. The van der Waals surface area contributed by atoms with Crippen LogP contribution in [0.1, 0.15) is 174 Å². The Morgan fingerprint density at radius 2 is 1.05 bits per heavy atom. The number of likely N-dealkylation sites (N-methyl/N-ethyl adjacent to an activating group) is 1. The minimum absolute atomic E-state index is 0.00827. The maximum atomic E-state index is 12.7. The lowest BCUT2D eigenvalue weighted by Crippen LogP contribution is -2.55. The van der Waals surface area contributed by atoms with Crippen molar-refractivity contribution in [3.8, 4) is 0 Å². The molecule has 2 unspecified atom stereocenters. The first kappa shape index (κ1) is 53.0. The van der Waals surface area contributed by atoms with Crippen molar-refractivity contribution >= 4 is 17.9 Å². The van der Waals surface area contributed by atoms with Gasteiger partial charge in [0, 0.05) is 12.8 Å². The van der Waals surface area contributed by atoms with Gasteiger partial charge in [-0.3, -0.25) is 9.59 Å². The van der Waals surface area contributed by atoms with Crippen LogP contribution in [-0.4, -0.2) is 75.5 Å². The van der Waals surface area contributed by atoms with E-state index in [2.05, 4.69) is 62.5 Å². The lowest BCUT2D eigenvalue weighted by Gasteiger charge is -2.34. The number of nitrogens with zero attached hydrogens (tertiary/aromatic N) is 1. The van der Waals surface area contributed by atoms with Gasteiger partial charge in [-0.1, -0.05) is 158 Å². The molecular weight excluding hydrogens is 703 g/mol. The number of carboxylic acid groups (broad SMARTS) is 1. The minimum Gasteiger partial charge on any atom is -0.544 e. The molecule has 0 aliphatic rings. The van der Waals surface area contributed by atoms with E-state index in [1.807, 2.05) is 6.08 Å². The summed E-state index contributed by atoms with van der Waals surface area (Å²) in [6.45, 7) is 4.41. The Hall–Kier alpha value is -2.97. The van der Waals surface area contributed by atoms with E-state index in [1.165, 1.54) is 83.5 Å². The Balaban J connectivity index is 4.28. The molecule has 0 aromatic carbocycles. The van der Waals surface area contributed by atoms with Gasteiger partial charge < -0.3 is 28.6 Å². The molecule has 0 spiro atoms. The SMILES string of the molecule is CC/C=C/C/C=C/C/C=C/CC(=O)OCC(COCCC(C(=O)[O-])[N+](C)(C)C)OC(=O)CCCCCCCCC/C=C/C/C=C/CCCCCCCCCCC. The lowest BCUT2D eigenvalue weighted by atomic mass is 10.1. The summed E-state index contributed by atoms with van der Waals surface area (Å²) >= 11 is 0. The van der Waals surface area contributed by atoms with Crippen LogP contribution in [0.15, 0.2) is 60.8 Å². The molecule has 0 aromatic heterocycles. The highest BCUT2D eigenvalue weighted by molar-refractivity contribution is 5.71. The van der Waals surface area contributed by atoms with Gasteiger partial charge in [-0.15, -0.1) is 0 Å². The van der Waals surface area contributed by atoms with Crippen LogP contribution in [-0.2, 0) is 28.6 Å². The van der Waals surface area contributed by atoms with Crippen molar-refractivity contribution in [2.24, 2.45) is 0 Å². The van der Waals surface area contributed by atoms with Crippen molar-refractivity contribution in [2.45, 2.75) is 187 Å². The molecular formula is C48H83NO7. The number of hydrogen-bond donors (Lipinski definition) is 0. The van der Waals surface area contributed by atoms with Gasteiger partial charge in [-0.05, 0) is 57.8 Å². The van der Waals surface area contributed by atoms with Crippen LogP contribution in [0.3, 0.4) is 0 Å². The molecule has 0 N–H and O–H groups in total. The quantitative estimate of drug-likeness (QED) is 0.0265. The maximum Gasteiger partial charge on any atom is 0.309 e. The van der Waals surface area contributed by atoms with Crippen molar-refractivity contribution in [3.05, 3.63) is 60.8 Å². The zero-order valence-electron chi connectivity index (χ0n) is 36.5. The number of aliphatic carboxylic acids is 1. The van der Waals surface area contributed by atoms with Gasteiger partial charge in [0.05, 0.1) is 46.7 Å². The van der Waals surface area contributed by atoms with E-state index < -0.39 is 24.1 Å². The molecule has 0 aliphatic heterocycles. The number of carboxylic acids is 1. The zero-order chi connectivity index (χ0) is 41.4. The van der Waals surface area contributed by atoms with Crippen LogP contribution >= 0.6 is 0 Å². The van der Waals surface area contributed by atoms with Crippen molar-refractivity contribution < 1.29 is 38.2 Å². The molecule has 0 rings (SSSR count). The van der Waals surface area contributed by atoms with Gasteiger partial charge in [-0.25, -0.2) is 0 Å². The van der Waals surface area contributed by atoms with E-state index >= 15 is 0 Å². The van der Waals surface area contributed by atoms with Gasteiger partial charge in [0.2, 0.25) is 0 Å². The smallest absolute Gasteiger partial charge is 0.309 e. The molecule has 0 aliphatic carbocycles. The van der Waals surface area contributed by atoms with Crippen LogP contribution in [0.2, 0.25) is 0 Å². The molecule has 8 nitrogen and oxygen atoms in total. The maximum absolute atomic E-state index is 12.7. The predicted octanol–water partition coefficient (Wildman–Crippen LogP) is 10.9. The Kier molecular flexibility index (Phi) is 36.8. The van der Waals surface area contributed by atoms with Gasteiger partial charge in [0.15, 0.2) is 6.10 Å². The number of carbonyl (C=O) groups excluding carboxylic acids is 3. The number of esters is 2. The molecule has 2 atom stereocenters. The van der Waals surface area contributed by atoms with Crippen LogP contribution in [0.25, 0.3) is 0 Å². The average Bonchev–Trinajstić information content (AvgIpc) is 3.15. The summed E-state index contributed by atoms with van der Waals surface area (Å²) in [5, 5.41) is 11.6. The van der Waals surface area contributed by atoms with Gasteiger partial charge >= 0.3 is 11.9 Å². The Labute approximate surface area is 343 Å². The van der Waals surface area contributed by atoms with E-state index in [-0.39, 0.29) is 43.1 Å². The number of hydrogen-bond acceptors (Lipinski definition) is 7. The second-order valence-corrected chi connectivity index (χ2v) is 15.9. The number of carbonyl (C=O) groups is 3. The molecule has 8 heteroatoms. The monoisotopic (exact) mass is 786 g/mol. The third-order valence-corrected chi connectivity index (χ3v) is 9.67. The van der Waals surface area contributed by atoms with E-state index in [1.54, 1.807) is 27.2 Å². The third kappa shape index (κ3) is 36.7. The molecule has 0 aromatic rings. The summed E-state index contributed by atoms with van der Waals surface area (Å²) in [5.74, 6) is -1.90. The Morgan fingerprint density at radius 1 is 0.571 bits per heavy atom.